The van der Waals surface area contributed by atoms with Gasteiger partial charge < -0.3 is 9.84 Å². The van der Waals surface area contributed by atoms with Gasteiger partial charge >= 0.3 is 5.97 Å². The monoisotopic (exact) mass is 192 g/mol. The third-order valence-electron chi connectivity index (χ3n) is 2.45. The largest absolute Gasteiger partial charge is 0.478 e. The molecular weight excluding hydrogens is 180 g/mol. The van der Waals surface area contributed by atoms with Gasteiger partial charge in [0.25, 0.3) is 0 Å². The average Bonchev–Trinajstić information content (AvgIpc) is 2.97. The molecule has 0 aliphatic carbocycles. The molecule has 1 fully saturated rings. The van der Waals surface area contributed by atoms with Crippen molar-refractivity contribution in [3.05, 3.63) is 35.4 Å². The van der Waals surface area contributed by atoms with E-state index in [0.29, 0.717) is 5.56 Å². The number of hydrogen-bond donors (Lipinski definition) is 1. The molecule has 1 aromatic rings. The third-order valence-corrected chi connectivity index (χ3v) is 2.45. The van der Waals surface area contributed by atoms with Crippen LogP contribution in [0.15, 0.2) is 24.3 Å². The molecule has 0 bridgehead atoms. The second-order valence-electron chi connectivity index (χ2n) is 3.43. The molecular formula is C11H12O3. The average molecular weight is 192 g/mol. The summed E-state index contributed by atoms with van der Waals surface area (Å²) in [5, 5.41) is 8.79. The molecule has 1 saturated heterocycles. The Balaban J connectivity index is 2.19. The van der Waals surface area contributed by atoms with Gasteiger partial charge in [0.1, 0.15) is 6.10 Å². The van der Waals surface area contributed by atoms with E-state index in [4.69, 9.17) is 9.84 Å². The minimum atomic E-state index is -0.888. The molecule has 2 rings (SSSR count). The lowest BCUT2D eigenvalue weighted by atomic mass is 10.1. The van der Waals surface area contributed by atoms with E-state index < -0.39 is 5.97 Å². The van der Waals surface area contributed by atoms with E-state index in [0.717, 1.165) is 12.0 Å². The second-order valence-corrected chi connectivity index (χ2v) is 3.43. The Bertz CT molecular complexity index is 359. The van der Waals surface area contributed by atoms with Crippen molar-refractivity contribution in [1.82, 2.24) is 0 Å². The van der Waals surface area contributed by atoms with Gasteiger partial charge in [-0.3, -0.25) is 0 Å². The SMILES string of the molecule is CCC1OC1c1cccc(C(=O)O)c1. The molecule has 3 nitrogen and oxygen atoms in total. The molecule has 1 aromatic carbocycles. The number of carbonyl (C=O) groups is 1. The molecule has 2 atom stereocenters. The van der Waals surface area contributed by atoms with Gasteiger partial charge in [0.15, 0.2) is 0 Å². The summed E-state index contributed by atoms with van der Waals surface area (Å²) < 4.78 is 5.39. The maximum Gasteiger partial charge on any atom is 0.335 e. The van der Waals surface area contributed by atoms with Gasteiger partial charge in [0.05, 0.1) is 11.7 Å². The number of benzene rings is 1. The Morgan fingerprint density at radius 1 is 1.57 bits per heavy atom. The molecule has 2 unspecified atom stereocenters. The molecule has 3 heteroatoms. The minimum Gasteiger partial charge on any atom is -0.478 e. The topological polar surface area (TPSA) is 49.8 Å². The smallest absolute Gasteiger partial charge is 0.335 e. The summed E-state index contributed by atoms with van der Waals surface area (Å²) in [6, 6.07) is 6.94. The van der Waals surface area contributed by atoms with Crippen LogP contribution < -0.4 is 0 Å². The van der Waals surface area contributed by atoms with Crippen LogP contribution >= 0.6 is 0 Å². The van der Waals surface area contributed by atoms with Crippen molar-refractivity contribution in [2.24, 2.45) is 0 Å². The van der Waals surface area contributed by atoms with E-state index in [1.165, 1.54) is 0 Å². The summed E-state index contributed by atoms with van der Waals surface area (Å²) in [7, 11) is 0. The molecule has 0 amide bonds. The van der Waals surface area contributed by atoms with E-state index in [2.05, 4.69) is 6.92 Å². The van der Waals surface area contributed by atoms with Crippen LogP contribution in [0, 0.1) is 0 Å². The zero-order valence-electron chi connectivity index (χ0n) is 7.93. The Morgan fingerprint density at radius 3 is 2.93 bits per heavy atom. The van der Waals surface area contributed by atoms with Crippen LogP contribution in [0.1, 0.15) is 35.4 Å². The highest BCUT2D eigenvalue weighted by atomic mass is 16.6. The van der Waals surface area contributed by atoms with Crippen molar-refractivity contribution in [1.29, 1.82) is 0 Å². The van der Waals surface area contributed by atoms with Crippen LogP contribution in [0.25, 0.3) is 0 Å². The van der Waals surface area contributed by atoms with E-state index in [9.17, 15) is 4.79 Å². The zero-order valence-corrected chi connectivity index (χ0v) is 7.93. The fraction of sp³-hybridized carbons (Fsp3) is 0.364. The van der Waals surface area contributed by atoms with Gasteiger partial charge in [0.2, 0.25) is 0 Å². The molecule has 1 aliphatic rings. The number of carboxylic acid groups (broad SMARTS) is 1. The van der Waals surface area contributed by atoms with Crippen molar-refractivity contribution < 1.29 is 14.6 Å². The molecule has 14 heavy (non-hydrogen) atoms. The predicted octanol–water partition coefficient (Wildman–Crippen LogP) is 2.23. The first-order valence-electron chi connectivity index (χ1n) is 4.71. The Kier molecular flexibility index (Phi) is 2.25. The normalized spacial score (nSPS) is 24.6. The fourth-order valence-electron chi connectivity index (χ4n) is 1.60. The Morgan fingerprint density at radius 2 is 2.36 bits per heavy atom. The standard InChI is InChI=1S/C11H12O3/c1-2-9-10(14-9)7-4-3-5-8(6-7)11(12)13/h3-6,9-10H,2H2,1H3,(H,12,13). The van der Waals surface area contributed by atoms with Gasteiger partial charge in [0, 0.05) is 0 Å². The van der Waals surface area contributed by atoms with Crippen molar-refractivity contribution in [2.75, 3.05) is 0 Å². The van der Waals surface area contributed by atoms with Crippen molar-refractivity contribution >= 4 is 5.97 Å². The zero-order chi connectivity index (χ0) is 10.1. The van der Waals surface area contributed by atoms with Gasteiger partial charge in [-0.1, -0.05) is 19.1 Å². The molecule has 1 heterocycles. The van der Waals surface area contributed by atoms with Crippen molar-refractivity contribution in [3.63, 3.8) is 0 Å². The van der Waals surface area contributed by atoms with E-state index >= 15 is 0 Å². The predicted molar refractivity (Wildman–Crippen MR) is 51.3 cm³/mol. The highest BCUT2D eigenvalue weighted by Crippen LogP contribution is 2.40. The third kappa shape index (κ3) is 1.63. The first kappa shape index (κ1) is 9.21. The van der Waals surface area contributed by atoms with Gasteiger partial charge in [-0.25, -0.2) is 4.79 Å². The van der Waals surface area contributed by atoms with Crippen molar-refractivity contribution in [2.45, 2.75) is 25.6 Å². The Labute approximate surface area is 82.3 Å². The van der Waals surface area contributed by atoms with Crippen LogP contribution in [-0.2, 0) is 4.74 Å². The molecule has 0 aromatic heterocycles. The van der Waals surface area contributed by atoms with Crippen LogP contribution in [0.3, 0.4) is 0 Å². The highest BCUT2D eigenvalue weighted by Gasteiger charge is 2.38. The van der Waals surface area contributed by atoms with Gasteiger partial charge in [-0.15, -0.1) is 0 Å². The van der Waals surface area contributed by atoms with E-state index in [1.807, 2.05) is 6.07 Å². The maximum absolute atomic E-state index is 10.7. The van der Waals surface area contributed by atoms with Crippen LogP contribution in [0.2, 0.25) is 0 Å². The minimum absolute atomic E-state index is 0.110. The number of rotatable bonds is 3. The summed E-state index contributed by atoms with van der Waals surface area (Å²) >= 11 is 0. The van der Waals surface area contributed by atoms with Crippen LogP contribution in [0.4, 0.5) is 0 Å². The summed E-state index contributed by atoms with van der Waals surface area (Å²) in [5.41, 5.74) is 1.30. The van der Waals surface area contributed by atoms with Crippen LogP contribution in [-0.4, -0.2) is 17.2 Å². The number of aromatic carboxylic acids is 1. The van der Waals surface area contributed by atoms with E-state index in [-0.39, 0.29) is 12.2 Å². The summed E-state index contributed by atoms with van der Waals surface area (Å²) in [6.07, 6.45) is 1.36. The van der Waals surface area contributed by atoms with Crippen molar-refractivity contribution in [3.8, 4) is 0 Å². The lowest BCUT2D eigenvalue weighted by Gasteiger charge is -1.98. The molecule has 0 saturated carbocycles. The lowest BCUT2D eigenvalue weighted by Crippen LogP contribution is -1.97. The number of carboxylic acids is 1. The van der Waals surface area contributed by atoms with Gasteiger partial charge in [-0.05, 0) is 24.1 Å². The lowest BCUT2D eigenvalue weighted by molar-refractivity contribution is 0.0697. The molecule has 1 N–H and O–H groups in total. The number of epoxide rings is 1. The second kappa shape index (κ2) is 3.42. The first-order chi connectivity index (χ1) is 6.72. The quantitative estimate of drug-likeness (QED) is 0.747. The number of hydrogen-bond acceptors (Lipinski definition) is 2. The maximum atomic E-state index is 10.7. The van der Waals surface area contributed by atoms with Crippen LogP contribution in [0.5, 0.6) is 0 Å². The fourth-order valence-corrected chi connectivity index (χ4v) is 1.60. The highest BCUT2D eigenvalue weighted by molar-refractivity contribution is 5.87. The van der Waals surface area contributed by atoms with Gasteiger partial charge in [-0.2, -0.15) is 0 Å². The summed E-state index contributed by atoms with van der Waals surface area (Å²) in [4.78, 5) is 10.7. The first-order valence-corrected chi connectivity index (χ1v) is 4.71. The van der Waals surface area contributed by atoms with E-state index in [1.54, 1.807) is 18.2 Å². The number of ether oxygens (including phenoxy) is 1. The molecule has 74 valence electrons. The molecule has 1 aliphatic heterocycles. The summed E-state index contributed by atoms with van der Waals surface area (Å²) in [5.74, 6) is -0.888. The Hall–Kier alpha value is -1.35. The molecule has 0 spiro atoms. The summed E-state index contributed by atoms with van der Waals surface area (Å²) in [6.45, 7) is 2.06. The molecule has 0 radical (unpaired) electrons.